The van der Waals surface area contributed by atoms with Crippen molar-refractivity contribution in [1.29, 1.82) is 0 Å². The number of likely N-dealkylation sites (N-methyl/N-ethyl adjacent to an activating group) is 1. The van der Waals surface area contributed by atoms with E-state index in [0.717, 1.165) is 55.5 Å². The molecule has 1 aliphatic carbocycles. The van der Waals surface area contributed by atoms with E-state index < -0.39 is 5.82 Å². The number of anilines is 3. The summed E-state index contributed by atoms with van der Waals surface area (Å²) in [5, 5.41) is 4.00. The van der Waals surface area contributed by atoms with Crippen LogP contribution in [0.1, 0.15) is 37.7 Å². The molecule has 2 aromatic carbocycles. The molecule has 182 valence electrons. The van der Waals surface area contributed by atoms with E-state index >= 15 is 0 Å². The van der Waals surface area contributed by atoms with E-state index in [2.05, 4.69) is 44.0 Å². The van der Waals surface area contributed by atoms with Gasteiger partial charge < -0.3 is 16.0 Å². The van der Waals surface area contributed by atoms with Crippen LogP contribution >= 0.6 is 11.6 Å². The molecular formula is C27H30ClFN6. The molecule has 0 bridgehead atoms. The summed E-state index contributed by atoms with van der Waals surface area (Å²) in [6.45, 7) is 4.25. The van der Waals surface area contributed by atoms with Crippen molar-refractivity contribution in [3.63, 3.8) is 0 Å². The molecule has 1 saturated carbocycles. The van der Waals surface area contributed by atoms with E-state index in [0.29, 0.717) is 17.2 Å². The number of halogens is 2. The maximum Gasteiger partial charge on any atom is 0.141 e. The zero-order valence-electron chi connectivity index (χ0n) is 20.0. The normalized spacial score (nSPS) is 18.7. The third-order valence-corrected chi connectivity index (χ3v) is 7.50. The molecule has 1 saturated heterocycles. The second kappa shape index (κ2) is 9.98. The third kappa shape index (κ3) is 5.06. The summed E-state index contributed by atoms with van der Waals surface area (Å²) in [7, 11) is 2.18. The highest BCUT2D eigenvalue weighted by Crippen LogP contribution is 2.35. The number of piperazine rings is 1. The van der Waals surface area contributed by atoms with Crippen molar-refractivity contribution in [1.82, 2.24) is 19.8 Å². The lowest BCUT2D eigenvalue weighted by Crippen LogP contribution is -2.56. The maximum absolute atomic E-state index is 13.5. The van der Waals surface area contributed by atoms with Gasteiger partial charge in [-0.05, 0) is 50.2 Å². The van der Waals surface area contributed by atoms with E-state index in [1.165, 1.54) is 37.7 Å². The summed E-state index contributed by atoms with van der Waals surface area (Å²) >= 11 is 5.93. The van der Waals surface area contributed by atoms with Crippen LogP contribution in [0.25, 0.3) is 10.9 Å². The van der Waals surface area contributed by atoms with Crippen molar-refractivity contribution in [2.75, 3.05) is 44.3 Å². The van der Waals surface area contributed by atoms with Crippen molar-refractivity contribution >= 4 is 39.7 Å². The average Bonchev–Trinajstić information content (AvgIpc) is 2.86. The summed E-state index contributed by atoms with van der Waals surface area (Å²) in [4.78, 5) is 13.8. The van der Waals surface area contributed by atoms with Gasteiger partial charge in [0.15, 0.2) is 0 Å². The Bertz CT molecular complexity index is 1290. The number of rotatable bonds is 3. The van der Waals surface area contributed by atoms with Gasteiger partial charge in [0.2, 0.25) is 0 Å². The molecule has 0 radical (unpaired) electrons. The van der Waals surface area contributed by atoms with Gasteiger partial charge in [0, 0.05) is 48.5 Å². The molecule has 8 heteroatoms. The Hall–Kier alpha value is -2.92. The van der Waals surface area contributed by atoms with Crippen molar-refractivity contribution < 1.29 is 4.39 Å². The quantitative estimate of drug-likeness (QED) is 0.394. The number of nitrogens with zero attached hydrogens (tertiary/aromatic N) is 4. The Labute approximate surface area is 210 Å². The van der Waals surface area contributed by atoms with Gasteiger partial charge in [0.05, 0.1) is 16.1 Å². The molecule has 35 heavy (non-hydrogen) atoms. The molecule has 0 amide bonds. The highest BCUT2D eigenvalue weighted by molar-refractivity contribution is 6.31. The minimum Gasteiger partial charge on any atom is -0.398 e. The lowest BCUT2D eigenvalue weighted by atomic mass is 9.80. The lowest BCUT2D eigenvalue weighted by molar-refractivity contribution is 0.0513. The zero-order chi connectivity index (χ0) is 24.4. The van der Waals surface area contributed by atoms with E-state index in [9.17, 15) is 4.39 Å². The van der Waals surface area contributed by atoms with Crippen LogP contribution in [0, 0.1) is 17.7 Å². The minimum absolute atomic E-state index is 0.0439. The summed E-state index contributed by atoms with van der Waals surface area (Å²) in [6, 6.07) is 8.24. The molecule has 1 aromatic heterocycles. The first-order valence-corrected chi connectivity index (χ1v) is 12.5. The zero-order valence-corrected chi connectivity index (χ0v) is 20.7. The van der Waals surface area contributed by atoms with Gasteiger partial charge in [-0.15, -0.1) is 0 Å². The number of hydrogen-bond acceptors (Lipinski definition) is 6. The number of hydrogen-bond donors (Lipinski definition) is 2. The predicted octanol–water partition coefficient (Wildman–Crippen LogP) is 5.05. The van der Waals surface area contributed by atoms with E-state index in [4.69, 9.17) is 17.3 Å². The molecule has 3 N–H and O–H groups in total. The summed E-state index contributed by atoms with van der Waals surface area (Å²) in [5.74, 6) is 7.22. The molecule has 6 nitrogen and oxygen atoms in total. The monoisotopic (exact) mass is 492 g/mol. The molecule has 2 heterocycles. The number of nitrogens with two attached hydrogens (primary N) is 1. The van der Waals surface area contributed by atoms with Crippen LogP contribution in [0.3, 0.4) is 0 Å². The van der Waals surface area contributed by atoms with Gasteiger partial charge in [-0.25, -0.2) is 14.4 Å². The fourth-order valence-corrected chi connectivity index (χ4v) is 5.29. The molecule has 0 spiro atoms. The number of nitrogen functional groups attached to an aromatic ring is 1. The van der Waals surface area contributed by atoms with Gasteiger partial charge in [-0.2, -0.15) is 0 Å². The average molecular weight is 493 g/mol. The van der Waals surface area contributed by atoms with Crippen LogP contribution in [0.5, 0.6) is 0 Å². The van der Waals surface area contributed by atoms with Crippen molar-refractivity contribution in [3.8, 4) is 11.8 Å². The van der Waals surface area contributed by atoms with Gasteiger partial charge in [0.1, 0.15) is 18.0 Å². The van der Waals surface area contributed by atoms with Crippen molar-refractivity contribution in [2.45, 2.75) is 37.6 Å². The Balaban J connectivity index is 1.46. The number of benzene rings is 2. The topological polar surface area (TPSA) is 70.3 Å². The van der Waals surface area contributed by atoms with Crippen molar-refractivity contribution in [3.05, 3.63) is 53.1 Å². The summed E-state index contributed by atoms with van der Waals surface area (Å²) in [5.41, 5.74) is 9.13. The smallest absolute Gasteiger partial charge is 0.141 e. The van der Waals surface area contributed by atoms with Crippen molar-refractivity contribution in [2.24, 2.45) is 0 Å². The molecule has 1 aliphatic heterocycles. The van der Waals surface area contributed by atoms with Crippen LogP contribution < -0.4 is 11.1 Å². The largest absolute Gasteiger partial charge is 0.398 e. The highest BCUT2D eigenvalue weighted by atomic mass is 35.5. The van der Waals surface area contributed by atoms with E-state index in [1.807, 2.05) is 12.1 Å². The standard InChI is InChI=1S/C27H30ClFN6/c1-34-11-13-35(14-12-34)27(8-3-2-4-9-27)10-7-19-15-25-21(17-24(19)30)26(32-18-31-25)33-20-5-6-23(29)22(28)16-20/h5-6,15-18H,2-4,8-9,11-14,30H2,1H3,(H,31,32,33). The predicted molar refractivity (Wildman–Crippen MR) is 140 cm³/mol. The second-order valence-electron chi connectivity index (χ2n) is 9.57. The lowest BCUT2D eigenvalue weighted by Gasteiger charge is -2.46. The Morgan fingerprint density at radius 1 is 1.06 bits per heavy atom. The molecule has 2 aliphatic rings. The molecule has 3 aromatic rings. The number of aromatic nitrogens is 2. The summed E-state index contributed by atoms with van der Waals surface area (Å²) < 4.78 is 13.5. The summed E-state index contributed by atoms with van der Waals surface area (Å²) in [6.07, 6.45) is 7.41. The Morgan fingerprint density at radius 2 is 1.83 bits per heavy atom. The molecule has 0 unspecified atom stereocenters. The first-order valence-electron chi connectivity index (χ1n) is 12.2. The fraction of sp³-hybridized carbons (Fsp3) is 0.407. The SMILES string of the molecule is CN1CCN(C2(C#Cc3cc4ncnc(Nc5ccc(F)c(Cl)c5)c4cc3N)CCCCC2)CC1. The highest BCUT2D eigenvalue weighted by Gasteiger charge is 2.37. The second-order valence-corrected chi connectivity index (χ2v) is 9.97. The fourth-order valence-electron chi connectivity index (χ4n) is 5.11. The molecule has 2 fully saturated rings. The molecule has 0 atom stereocenters. The first-order chi connectivity index (χ1) is 16.9. The first kappa shape index (κ1) is 23.8. The van der Waals surface area contributed by atoms with Gasteiger partial charge in [0.25, 0.3) is 0 Å². The minimum atomic E-state index is -0.468. The van der Waals surface area contributed by atoms with E-state index in [-0.39, 0.29) is 10.6 Å². The molecule has 5 rings (SSSR count). The van der Waals surface area contributed by atoms with Crippen LogP contribution in [-0.4, -0.2) is 58.5 Å². The van der Waals surface area contributed by atoms with Crippen LogP contribution in [0.2, 0.25) is 5.02 Å². The van der Waals surface area contributed by atoms with E-state index in [1.54, 1.807) is 6.07 Å². The van der Waals surface area contributed by atoms with Crippen LogP contribution in [0.4, 0.5) is 21.6 Å². The Morgan fingerprint density at radius 3 is 2.57 bits per heavy atom. The Kier molecular flexibility index (Phi) is 6.79. The third-order valence-electron chi connectivity index (χ3n) is 7.21. The molecular weight excluding hydrogens is 463 g/mol. The van der Waals surface area contributed by atoms with Crippen LogP contribution in [-0.2, 0) is 0 Å². The van der Waals surface area contributed by atoms with Gasteiger partial charge in [-0.1, -0.05) is 42.7 Å². The van der Waals surface area contributed by atoms with Gasteiger partial charge in [-0.3, -0.25) is 4.90 Å². The number of nitrogens with one attached hydrogen (secondary N) is 1. The number of fused-ring (bicyclic) bond motifs is 1. The van der Waals surface area contributed by atoms with Gasteiger partial charge >= 0.3 is 0 Å². The maximum atomic E-state index is 13.5. The van der Waals surface area contributed by atoms with Crippen LogP contribution in [0.15, 0.2) is 36.7 Å².